The Morgan fingerprint density at radius 2 is 1.67 bits per heavy atom. The van der Waals surface area contributed by atoms with Crippen molar-refractivity contribution in [1.82, 2.24) is 0 Å². The molecular formula is C21H25NO2. The number of hydrogen-bond donors (Lipinski definition) is 1. The van der Waals surface area contributed by atoms with E-state index in [-0.39, 0.29) is 6.73 Å². The fourth-order valence-corrected chi connectivity index (χ4v) is 2.40. The highest BCUT2D eigenvalue weighted by atomic mass is 16.5. The van der Waals surface area contributed by atoms with Crippen LogP contribution in [0.4, 0.5) is 0 Å². The number of rotatable bonds is 7. The third-order valence-electron chi connectivity index (χ3n) is 3.63. The summed E-state index contributed by atoms with van der Waals surface area (Å²) in [4.78, 5) is 0. The lowest BCUT2D eigenvalue weighted by atomic mass is 10.0. The molecule has 2 aromatic rings. The van der Waals surface area contributed by atoms with Gasteiger partial charge in [0.15, 0.2) is 0 Å². The normalized spacial score (nSPS) is 10.7. The van der Waals surface area contributed by atoms with Crippen LogP contribution in [0.25, 0.3) is 12.2 Å². The van der Waals surface area contributed by atoms with Crippen LogP contribution in [0.3, 0.4) is 0 Å². The van der Waals surface area contributed by atoms with Gasteiger partial charge in [-0.1, -0.05) is 54.1 Å². The molecule has 0 fully saturated rings. The molecule has 0 aliphatic rings. The van der Waals surface area contributed by atoms with Crippen molar-refractivity contribution in [2.45, 2.75) is 20.3 Å². The van der Waals surface area contributed by atoms with Crippen molar-refractivity contribution < 1.29 is 9.47 Å². The van der Waals surface area contributed by atoms with Crippen LogP contribution in [-0.2, 0) is 6.42 Å². The Morgan fingerprint density at radius 3 is 2.29 bits per heavy atom. The molecule has 0 spiro atoms. The third-order valence-corrected chi connectivity index (χ3v) is 3.63. The number of allylic oxidation sites excluding steroid dienone is 2. The summed E-state index contributed by atoms with van der Waals surface area (Å²) >= 11 is 0. The van der Waals surface area contributed by atoms with Crippen LogP contribution in [0.5, 0.6) is 11.5 Å². The maximum Gasteiger partial charge on any atom is 0.137 e. The summed E-state index contributed by atoms with van der Waals surface area (Å²) in [6, 6.07) is 14.2. The monoisotopic (exact) mass is 323 g/mol. The number of ether oxygens (including phenoxy) is 2. The van der Waals surface area contributed by atoms with Crippen molar-refractivity contribution in [2.75, 3.05) is 13.8 Å². The van der Waals surface area contributed by atoms with Gasteiger partial charge < -0.3 is 9.47 Å². The van der Waals surface area contributed by atoms with Gasteiger partial charge >= 0.3 is 0 Å². The molecule has 0 aromatic heterocycles. The highest BCUT2D eigenvalue weighted by Gasteiger charge is 2.11. The van der Waals surface area contributed by atoms with Crippen molar-refractivity contribution in [3.8, 4) is 11.5 Å². The number of hydrogen-bond acceptors (Lipinski definition) is 3. The molecule has 0 amide bonds. The molecule has 0 saturated carbocycles. The van der Waals surface area contributed by atoms with Crippen LogP contribution in [0.2, 0.25) is 0 Å². The van der Waals surface area contributed by atoms with Gasteiger partial charge in [-0.05, 0) is 43.5 Å². The largest absolute Gasteiger partial charge is 0.496 e. The molecule has 0 aliphatic carbocycles. The summed E-state index contributed by atoms with van der Waals surface area (Å²) in [5.41, 5.74) is 10.0. The summed E-state index contributed by atoms with van der Waals surface area (Å²) in [5, 5.41) is 0. The molecule has 0 atom stereocenters. The summed E-state index contributed by atoms with van der Waals surface area (Å²) < 4.78 is 11.2. The maximum absolute atomic E-state index is 5.64. The third kappa shape index (κ3) is 5.00. The number of methoxy groups -OCH3 is 1. The second kappa shape index (κ2) is 8.94. The molecule has 0 saturated heterocycles. The van der Waals surface area contributed by atoms with Crippen LogP contribution in [0.15, 0.2) is 54.1 Å². The molecular weight excluding hydrogens is 298 g/mol. The highest BCUT2D eigenvalue weighted by molar-refractivity contribution is 5.71. The molecule has 3 nitrogen and oxygen atoms in total. The van der Waals surface area contributed by atoms with Gasteiger partial charge in [-0.3, -0.25) is 5.73 Å². The van der Waals surface area contributed by atoms with Gasteiger partial charge in [0.05, 0.1) is 7.11 Å². The van der Waals surface area contributed by atoms with Crippen molar-refractivity contribution in [3.63, 3.8) is 0 Å². The zero-order valence-corrected chi connectivity index (χ0v) is 14.6. The lowest BCUT2D eigenvalue weighted by Crippen LogP contribution is -2.09. The van der Waals surface area contributed by atoms with E-state index in [2.05, 4.69) is 38.1 Å². The quantitative estimate of drug-likeness (QED) is 0.457. The van der Waals surface area contributed by atoms with Gasteiger partial charge in [0.1, 0.15) is 18.2 Å². The first-order valence-electron chi connectivity index (χ1n) is 8.04. The van der Waals surface area contributed by atoms with Gasteiger partial charge in [0, 0.05) is 5.56 Å². The lowest BCUT2D eigenvalue weighted by molar-refractivity contribution is 0.322. The van der Waals surface area contributed by atoms with Crippen LogP contribution in [0, 0.1) is 0 Å². The van der Waals surface area contributed by atoms with E-state index in [0.717, 1.165) is 34.6 Å². The van der Waals surface area contributed by atoms with Gasteiger partial charge in [0.25, 0.3) is 0 Å². The Balaban J connectivity index is 2.38. The second-order valence-corrected chi connectivity index (χ2v) is 5.74. The van der Waals surface area contributed by atoms with E-state index in [1.807, 2.05) is 36.4 Å². The first kappa shape index (κ1) is 17.8. The minimum absolute atomic E-state index is 0.136. The van der Waals surface area contributed by atoms with Crippen LogP contribution in [-0.4, -0.2) is 13.8 Å². The van der Waals surface area contributed by atoms with E-state index >= 15 is 0 Å². The standard InChI is InChI=1S/C21H25NO2/c1-16(2)9-12-19-20(23-3)13-18(14-21(19)24-15-22)11-10-17-7-5-4-6-8-17/h4-11,13-14H,12,15,22H2,1-3H3. The van der Waals surface area contributed by atoms with Gasteiger partial charge in [0.2, 0.25) is 0 Å². The predicted octanol–water partition coefficient (Wildman–Crippen LogP) is 4.67. The molecule has 0 radical (unpaired) electrons. The van der Waals surface area contributed by atoms with E-state index in [1.54, 1.807) is 7.11 Å². The molecule has 2 aromatic carbocycles. The van der Waals surface area contributed by atoms with Gasteiger partial charge in [-0.2, -0.15) is 0 Å². The number of nitrogens with two attached hydrogens (primary N) is 1. The molecule has 0 bridgehead atoms. The summed E-state index contributed by atoms with van der Waals surface area (Å²) in [7, 11) is 1.68. The van der Waals surface area contributed by atoms with E-state index in [0.29, 0.717) is 0 Å². The molecule has 24 heavy (non-hydrogen) atoms. The van der Waals surface area contributed by atoms with Crippen LogP contribution < -0.4 is 15.2 Å². The van der Waals surface area contributed by atoms with Crippen molar-refractivity contribution in [3.05, 3.63) is 70.8 Å². The van der Waals surface area contributed by atoms with Crippen molar-refractivity contribution >= 4 is 12.2 Å². The Kier molecular flexibility index (Phi) is 6.64. The number of benzene rings is 2. The smallest absolute Gasteiger partial charge is 0.137 e. The topological polar surface area (TPSA) is 44.5 Å². The van der Waals surface area contributed by atoms with E-state index in [4.69, 9.17) is 15.2 Å². The molecule has 2 rings (SSSR count). The van der Waals surface area contributed by atoms with E-state index < -0.39 is 0 Å². The maximum atomic E-state index is 5.64. The molecule has 3 heteroatoms. The fourth-order valence-electron chi connectivity index (χ4n) is 2.40. The zero-order chi connectivity index (χ0) is 17.4. The molecule has 126 valence electrons. The molecule has 0 heterocycles. The summed E-state index contributed by atoms with van der Waals surface area (Å²) in [5.74, 6) is 1.58. The van der Waals surface area contributed by atoms with Crippen molar-refractivity contribution in [2.24, 2.45) is 5.73 Å². The first-order valence-corrected chi connectivity index (χ1v) is 8.04. The minimum Gasteiger partial charge on any atom is -0.496 e. The fraction of sp³-hybridized carbons (Fsp3) is 0.238. The van der Waals surface area contributed by atoms with Crippen molar-refractivity contribution in [1.29, 1.82) is 0 Å². The zero-order valence-electron chi connectivity index (χ0n) is 14.6. The molecule has 2 N–H and O–H groups in total. The lowest BCUT2D eigenvalue weighted by Gasteiger charge is -2.14. The Bertz CT molecular complexity index is 714. The van der Waals surface area contributed by atoms with E-state index in [9.17, 15) is 0 Å². The van der Waals surface area contributed by atoms with E-state index in [1.165, 1.54) is 5.57 Å². The van der Waals surface area contributed by atoms with Gasteiger partial charge in [-0.25, -0.2) is 0 Å². The van der Waals surface area contributed by atoms with Gasteiger partial charge in [-0.15, -0.1) is 0 Å². The molecule has 0 aliphatic heterocycles. The average Bonchev–Trinajstić information content (AvgIpc) is 2.59. The first-order chi connectivity index (χ1) is 11.6. The second-order valence-electron chi connectivity index (χ2n) is 5.74. The summed E-state index contributed by atoms with van der Waals surface area (Å²) in [6.07, 6.45) is 7.02. The minimum atomic E-state index is 0.136. The Morgan fingerprint density at radius 1 is 1.00 bits per heavy atom. The highest BCUT2D eigenvalue weighted by Crippen LogP contribution is 2.32. The Labute approximate surface area is 144 Å². The average molecular weight is 323 g/mol. The predicted molar refractivity (Wildman–Crippen MR) is 101 cm³/mol. The summed E-state index contributed by atoms with van der Waals surface area (Å²) in [6.45, 7) is 4.29. The van der Waals surface area contributed by atoms with Crippen LogP contribution >= 0.6 is 0 Å². The van der Waals surface area contributed by atoms with Crippen LogP contribution in [0.1, 0.15) is 30.5 Å². The Hall–Kier alpha value is -2.52. The SMILES string of the molecule is COc1cc(C=Cc2ccccc2)cc(OCN)c1CC=C(C)C. The molecule has 0 unspecified atom stereocenters.